The Hall–Kier alpha value is -2.33. The largest absolute Gasteiger partial charge is 0.496 e. The van der Waals surface area contributed by atoms with Gasteiger partial charge < -0.3 is 15.4 Å². The number of nitrogens with zero attached hydrogens (tertiary/aromatic N) is 1. The summed E-state index contributed by atoms with van der Waals surface area (Å²) in [5.41, 5.74) is 8.37. The van der Waals surface area contributed by atoms with E-state index >= 15 is 0 Å². The smallest absolute Gasteiger partial charge is 0.254 e. The van der Waals surface area contributed by atoms with Gasteiger partial charge in [0.15, 0.2) is 0 Å². The first-order chi connectivity index (χ1) is 10.7. The van der Waals surface area contributed by atoms with Gasteiger partial charge in [-0.05, 0) is 30.2 Å². The van der Waals surface area contributed by atoms with Crippen molar-refractivity contribution in [1.29, 1.82) is 0 Å². The first-order valence-corrected chi connectivity index (χ1v) is 7.33. The van der Waals surface area contributed by atoms with Gasteiger partial charge in [-0.15, -0.1) is 0 Å². The number of hydrogen-bond acceptors (Lipinski definition) is 3. The Balaban J connectivity index is 2.22. The fourth-order valence-electron chi connectivity index (χ4n) is 2.35. The normalized spacial score (nSPS) is 10.3. The molecule has 4 nitrogen and oxygen atoms in total. The van der Waals surface area contributed by atoms with Gasteiger partial charge in [-0.25, -0.2) is 0 Å². The average molecular weight is 298 g/mol. The summed E-state index contributed by atoms with van der Waals surface area (Å²) in [5.74, 6) is 0.686. The standard InChI is InChI=1S/C18H22N2O2/c1-14-8-9-16(12-17(14)22-2)18(21)20(11-10-19)13-15-6-4-3-5-7-15/h3-9,12H,10-11,13,19H2,1-2H3. The Bertz CT molecular complexity index is 626. The first-order valence-electron chi connectivity index (χ1n) is 7.33. The maximum absolute atomic E-state index is 12.7. The predicted octanol–water partition coefficient (Wildman–Crippen LogP) is 2.60. The quantitative estimate of drug-likeness (QED) is 0.892. The molecule has 0 heterocycles. The number of carbonyl (C=O) groups excluding carboxylic acids is 1. The number of rotatable bonds is 6. The molecule has 0 bridgehead atoms. The van der Waals surface area contributed by atoms with E-state index in [1.165, 1.54) is 0 Å². The summed E-state index contributed by atoms with van der Waals surface area (Å²) in [6.07, 6.45) is 0. The number of nitrogens with two attached hydrogens (primary N) is 1. The number of carbonyl (C=O) groups is 1. The van der Waals surface area contributed by atoms with E-state index < -0.39 is 0 Å². The summed E-state index contributed by atoms with van der Waals surface area (Å²) < 4.78 is 5.30. The maximum atomic E-state index is 12.7. The van der Waals surface area contributed by atoms with E-state index in [2.05, 4.69) is 0 Å². The minimum atomic E-state index is -0.0346. The molecule has 116 valence electrons. The van der Waals surface area contributed by atoms with Gasteiger partial charge in [0.05, 0.1) is 7.11 Å². The second-order valence-corrected chi connectivity index (χ2v) is 5.19. The van der Waals surface area contributed by atoms with E-state index in [-0.39, 0.29) is 5.91 Å². The van der Waals surface area contributed by atoms with Crippen molar-refractivity contribution in [3.63, 3.8) is 0 Å². The second-order valence-electron chi connectivity index (χ2n) is 5.19. The summed E-state index contributed by atoms with van der Waals surface area (Å²) in [4.78, 5) is 14.5. The molecule has 0 atom stereocenters. The van der Waals surface area contributed by atoms with Gasteiger partial charge >= 0.3 is 0 Å². The van der Waals surface area contributed by atoms with Crippen molar-refractivity contribution in [2.24, 2.45) is 5.73 Å². The monoisotopic (exact) mass is 298 g/mol. The van der Waals surface area contributed by atoms with Gasteiger partial charge in [0.2, 0.25) is 0 Å². The highest BCUT2D eigenvalue weighted by atomic mass is 16.5. The molecule has 0 unspecified atom stereocenters. The fraction of sp³-hybridized carbons (Fsp3) is 0.278. The number of aryl methyl sites for hydroxylation is 1. The van der Waals surface area contributed by atoms with Crippen LogP contribution < -0.4 is 10.5 Å². The lowest BCUT2D eigenvalue weighted by Crippen LogP contribution is -2.34. The molecule has 0 fully saturated rings. The lowest BCUT2D eigenvalue weighted by atomic mass is 10.1. The lowest BCUT2D eigenvalue weighted by molar-refractivity contribution is 0.0748. The number of benzene rings is 2. The van der Waals surface area contributed by atoms with E-state index in [1.807, 2.05) is 49.4 Å². The van der Waals surface area contributed by atoms with Crippen LogP contribution in [-0.4, -0.2) is 31.0 Å². The van der Waals surface area contributed by atoms with Crippen LogP contribution in [0.15, 0.2) is 48.5 Å². The molecule has 0 spiro atoms. The summed E-state index contributed by atoms with van der Waals surface area (Å²) in [5, 5.41) is 0. The lowest BCUT2D eigenvalue weighted by Gasteiger charge is -2.22. The highest BCUT2D eigenvalue weighted by Crippen LogP contribution is 2.20. The van der Waals surface area contributed by atoms with Crippen molar-refractivity contribution in [3.8, 4) is 5.75 Å². The molecule has 0 saturated heterocycles. The van der Waals surface area contributed by atoms with Crippen molar-refractivity contribution < 1.29 is 9.53 Å². The van der Waals surface area contributed by atoms with Crippen LogP contribution in [0, 0.1) is 6.92 Å². The zero-order valence-corrected chi connectivity index (χ0v) is 13.1. The van der Waals surface area contributed by atoms with E-state index in [9.17, 15) is 4.79 Å². The summed E-state index contributed by atoms with van der Waals surface area (Å²) in [7, 11) is 1.61. The molecule has 22 heavy (non-hydrogen) atoms. The van der Waals surface area contributed by atoms with Crippen LogP contribution in [-0.2, 0) is 6.54 Å². The van der Waals surface area contributed by atoms with Crippen LogP contribution in [0.5, 0.6) is 5.75 Å². The van der Waals surface area contributed by atoms with Crippen LogP contribution in [0.2, 0.25) is 0 Å². The fourth-order valence-corrected chi connectivity index (χ4v) is 2.35. The van der Waals surface area contributed by atoms with E-state index in [1.54, 1.807) is 18.1 Å². The van der Waals surface area contributed by atoms with Crippen molar-refractivity contribution in [2.75, 3.05) is 20.2 Å². The molecule has 2 aromatic carbocycles. The van der Waals surface area contributed by atoms with Crippen LogP contribution in [0.25, 0.3) is 0 Å². The molecule has 0 aromatic heterocycles. The van der Waals surface area contributed by atoms with Crippen LogP contribution in [0.4, 0.5) is 0 Å². The molecule has 0 aliphatic heterocycles. The van der Waals surface area contributed by atoms with Crippen molar-refractivity contribution in [1.82, 2.24) is 4.90 Å². The third-order valence-corrected chi connectivity index (χ3v) is 3.56. The zero-order chi connectivity index (χ0) is 15.9. The molecule has 2 aromatic rings. The molecule has 0 saturated carbocycles. The van der Waals surface area contributed by atoms with Crippen molar-refractivity contribution in [2.45, 2.75) is 13.5 Å². The topological polar surface area (TPSA) is 55.6 Å². The molecule has 2 N–H and O–H groups in total. The molecular formula is C18H22N2O2. The predicted molar refractivity (Wildman–Crippen MR) is 88.0 cm³/mol. The van der Waals surface area contributed by atoms with Crippen molar-refractivity contribution in [3.05, 3.63) is 65.2 Å². The Kier molecular flexibility index (Phi) is 5.55. The number of hydrogen-bond donors (Lipinski definition) is 1. The van der Waals surface area contributed by atoms with Gasteiger partial charge in [-0.1, -0.05) is 36.4 Å². The van der Waals surface area contributed by atoms with Gasteiger partial charge in [0, 0.05) is 25.2 Å². The average Bonchev–Trinajstić information content (AvgIpc) is 2.55. The third-order valence-electron chi connectivity index (χ3n) is 3.56. The summed E-state index contributed by atoms with van der Waals surface area (Å²) >= 11 is 0. The Morgan fingerprint density at radius 2 is 1.91 bits per heavy atom. The minimum absolute atomic E-state index is 0.0346. The summed E-state index contributed by atoms with van der Waals surface area (Å²) in [6.45, 7) is 3.45. The Morgan fingerprint density at radius 1 is 1.18 bits per heavy atom. The second kappa shape index (κ2) is 7.61. The molecule has 2 rings (SSSR count). The van der Waals surface area contributed by atoms with E-state index in [4.69, 9.17) is 10.5 Å². The molecule has 0 radical (unpaired) electrons. The number of methoxy groups -OCH3 is 1. The van der Waals surface area contributed by atoms with Crippen LogP contribution in [0.1, 0.15) is 21.5 Å². The Morgan fingerprint density at radius 3 is 2.55 bits per heavy atom. The third kappa shape index (κ3) is 3.86. The molecule has 0 aliphatic carbocycles. The van der Waals surface area contributed by atoms with Crippen molar-refractivity contribution >= 4 is 5.91 Å². The molecule has 1 amide bonds. The first kappa shape index (κ1) is 16.0. The van der Waals surface area contributed by atoms with Crippen LogP contribution >= 0.6 is 0 Å². The van der Waals surface area contributed by atoms with E-state index in [0.29, 0.717) is 25.2 Å². The SMILES string of the molecule is COc1cc(C(=O)N(CCN)Cc2ccccc2)ccc1C. The van der Waals surface area contributed by atoms with Gasteiger partial charge in [-0.3, -0.25) is 4.79 Å². The van der Waals surface area contributed by atoms with Gasteiger partial charge in [0.25, 0.3) is 5.91 Å². The molecule has 0 aliphatic rings. The summed E-state index contributed by atoms with van der Waals surface area (Å²) in [6, 6.07) is 15.4. The van der Waals surface area contributed by atoms with Crippen LogP contribution in [0.3, 0.4) is 0 Å². The zero-order valence-electron chi connectivity index (χ0n) is 13.1. The van der Waals surface area contributed by atoms with Gasteiger partial charge in [-0.2, -0.15) is 0 Å². The number of amides is 1. The maximum Gasteiger partial charge on any atom is 0.254 e. The molecular weight excluding hydrogens is 276 g/mol. The van der Waals surface area contributed by atoms with Gasteiger partial charge in [0.1, 0.15) is 5.75 Å². The highest BCUT2D eigenvalue weighted by molar-refractivity contribution is 5.94. The number of ether oxygens (including phenoxy) is 1. The highest BCUT2D eigenvalue weighted by Gasteiger charge is 2.16. The minimum Gasteiger partial charge on any atom is -0.496 e. The molecule has 4 heteroatoms. The van der Waals surface area contributed by atoms with E-state index in [0.717, 1.165) is 16.9 Å². The Labute approximate surface area is 131 Å².